The van der Waals surface area contributed by atoms with E-state index in [4.69, 9.17) is 16.3 Å². The maximum absolute atomic E-state index is 10.8. The molecule has 0 unspecified atom stereocenters. The zero-order chi connectivity index (χ0) is 11.7. The van der Waals surface area contributed by atoms with Crippen LogP contribution in [0.1, 0.15) is 0 Å². The summed E-state index contributed by atoms with van der Waals surface area (Å²) in [6.45, 7) is 0. The van der Waals surface area contributed by atoms with Crippen molar-refractivity contribution in [3.05, 3.63) is 39.5 Å². The predicted octanol–water partition coefficient (Wildman–Crippen LogP) is 2.61. The van der Waals surface area contributed by atoms with Gasteiger partial charge in [-0.2, -0.15) is 0 Å². The first-order valence-corrected chi connectivity index (χ1v) is 4.71. The van der Waals surface area contributed by atoms with E-state index in [1.54, 1.807) is 12.1 Å². The van der Waals surface area contributed by atoms with Crippen molar-refractivity contribution < 1.29 is 9.66 Å². The molecule has 0 fully saturated rings. The number of nitro groups is 1. The number of ether oxygens (including phenoxy) is 1. The summed E-state index contributed by atoms with van der Waals surface area (Å²) < 4.78 is 4.98. The van der Waals surface area contributed by atoms with E-state index < -0.39 is 4.92 Å². The molecule has 81 valence electrons. The lowest BCUT2D eigenvalue weighted by atomic mass is 10.2. The Labute approximate surface area is 95.8 Å². The van der Waals surface area contributed by atoms with E-state index in [2.05, 4.69) is 11.1 Å². The van der Waals surface area contributed by atoms with Gasteiger partial charge in [-0.1, -0.05) is 11.6 Å². The van der Waals surface area contributed by atoms with Gasteiger partial charge in [0.05, 0.1) is 23.1 Å². The van der Waals surface area contributed by atoms with Crippen molar-refractivity contribution in [2.45, 2.75) is 0 Å². The number of pyridine rings is 1. The van der Waals surface area contributed by atoms with Crippen LogP contribution in [0, 0.1) is 16.2 Å². The summed E-state index contributed by atoms with van der Waals surface area (Å²) in [5, 5.41) is 11.5. The highest BCUT2D eigenvalue weighted by Crippen LogP contribution is 2.37. The fourth-order valence-corrected chi connectivity index (χ4v) is 1.67. The third-order valence-electron chi connectivity index (χ3n) is 2.09. The minimum absolute atomic E-state index is 0.0741. The minimum Gasteiger partial charge on any atom is -0.489 e. The number of fused-ring (bicyclic) bond motifs is 1. The summed E-state index contributed by atoms with van der Waals surface area (Å²) in [4.78, 5) is 14.2. The van der Waals surface area contributed by atoms with E-state index in [9.17, 15) is 10.1 Å². The number of benzene rings is 1. The number of nitrogens with zero attached hydrogens (tertiary/aromatic N) is 2. The fourth-order valence-electron chi connectivity index (χ4n) is 1.43. The van der Waals surface area contributed by atoms with Gasteiger partial charge < -0.3 is 4.74 Å². The standard InChI is InChI=1S/C10H6ClN2O3/c1-16-10-8(13(14)15)5-7(11)6-3-2-4-12-9(6)10/h2-4H,1H3. The molecule has 2 aromatic rings. The number of halogens is 1. The molecule has 1 aromatic carbocycles. The van der Waals surface area contributed by atoms with Crippen molar-refractivity contribution in [2.24, 2.45) is 0 Å². The van der Waals surface area contributed by atoms with E-state index in [-0.39, 0.29) is 16.5 Å². The Morgan fingerprint density at radius 1 is 1.62 bits per heavy atom. The molecular formula is C10H6ClN2O3. The Morgan fingerprint density at radius 3 is 3.00 bits per heavy atom. The molecule has 5 nitrogen and oxygen atoms in total. The molecule has 0 aliphatic heterocycles. The van der Waals surface area contributed by atoms with Crippen molar-refractivity contribution in [3.63, 3.8) is 0 Å². The average Bonchev–Trinajstić information content (AvgIpc) is 2.29. The fraction of sp³-hybridized carbons (Fsp3) is 0.100. The van der Waals surface area contributed by atoms with Crippen LogP contribution < -0.4 is 4.74 Å². The maximum atomic E-state index is 10.8. The van der Waals surface area contributed by atoms with Gasteiger partial charge in [0, 0.05) is 11.6 Å². The molecule has 0 bridgehead atoms. The lowest BCUT2D eigenvalue weighted by Gasteiger charge is -2.05. The molecule has 1 heterocycles. The number of nitro benzene ring substituents is 1. The molecule has 0 atom stereocenters. The topological polar surface area (TPSA) is 65.3 Å². The summed E-state index contributed by atoms with van der Waals surface area (Å²) >= 11 is 5.88. The van der Waals surface area contributed by atoms with E-state index in [0.29, 0.717) is 10.9 Å². The molecule has 16 heavy (non-hydrogen) atoms. The molecule has 0 spiro atoms. The van der Waals surface area contributed by atoms with Crippen molar-refractivity contribution in [1.29, 1.82) is 0 Å². The average molecular weight is 238 g/mol. The van der Waals surface area contributed by atoms with Crippen LogP contribution in [0.5, 0.6) is 5.75 Å². The molecule has 1 aromatic heterocycles. The third kappa shape index (κ3) is 1.55. The Morgan fingerprint density at radius 2 is 2.38 bits per heavy atom. The molecule has 0 amide bonds. The molecule has 0 saturated heterocycles. The van der Waals surface area contributed by atoms with E-state index in [0.717, 1.165) is 0 Å². The molecule has 0 N–H and O–H groups in total. The first-order valence-electron chi connectivity index (χ1n) is 4.33. The van der Waals surface area contributed by atoms with Crippen LogP contribution in [0.4, 0.5) is 5.69 Å². The maximum Gasteiger partial charge on any atom is 0.322 e. The summed E-state index contributed by atoms with van der Waals surface area (Å²) in [5.41, 5.74) is 0.0548. The monoisotopic (exact) mass is 237 g/mol. The van der Waals surface area contributed by atoms with Gasteiger partial charge in [0.15, 0.2) is 0 Å². The minimum atomic E-state index is -0.598. The highest BCUT2D eigenvalue weighted by Gasteiger charge is 2.21. The molecule has 6 heteroatoms. The van der Waals surface area contributed by atoms with Crippen LogP contribution in [0.2, 0.25) is 5.02 Å². The molecule has 0 aliphatic rings. The van der Waals surface area contributed by atoms with Crippen molar-refractivity contribution in [2.75, 3.05) is 7.11 Å². The van der Waals surface area contributed by atoms with E-state index in [1.165, 1.54) is 13.3 Å². The van der Waals surface area contributed by atoms with Crippen LogP contribution in [0.3, 0.4) is 0 Å². The number of methoxy groups -OCH3 is 1. The Bertz CT molecular complexity index is 571. The number of hydrogen-bond donors (Lipinski definition) is 0. The van der Waals surface area contributed by atoms with Gasteiger partial charge in [0.1, 0.15) is 5.52 Å². The quantitative estimate of drug-likeness (QED) is 0.595. The van der Waals surface area contributed by atoms with Crippen molar-refractivity contribution >= 4 is 28.2 Å². The second-order valence-corrected chi connectivity index (χ2v) is 3.36. The lowest BCUT2D eigenvalue weighted by molar-refractivity contribution is -0.386. The van der Waals surface area contributed by atoms with Gasteiger partial charge in [-0.25, -0.2) is 0 Å². The molecule has 0 aliphatic carbocycles. The van der Waals surface area contributed by atoms with Gasteiger partial charge in [0.2, 0.25) is 5.75 Å². The van der Waals surface area contributed by atoms with Crippen LogP contribution in [-0.2, 0) is 0 Å². The lowest BCUT2D eigenvalue weighted by Crippen LogP contribution is -1.96. The summed E-state index contributed by atoms with van der Waals surface area (Å²) in [6, 6.07) is 5.86. The number of aromatic nitrogens is 1. The van der Waals surface area contributed by atoms with Crippen molar-refractivity contribution in [1.82, 2.24) is 4.98 Å². The predicted molar refractivity (Wildman–Crippen MR) is 58.8 cm³/mol. The molecule has 0 saturated carbocycles. The van der Waals surface area contributed by atoms with Gasteiger partial charge in [-0.05, 0) is 12.1 Å². The van der Waals surface area contributed by atoms with Crippen LogP contribution >= 0.6 is 11.6 Å². The largest absolute Gasteiger partial charge is 0.489 e. The van der Waals surface area contributed by atoms with Crippen LogP contribution in [0.15, 0.2) is 18.3 Å². The van der Waals surface area contributed by atoms with Gasteiger partial charge in [0.25, 0.3) is 0 Å². The number of hydrogen-bond acceptors (Lipinski definition) is 4. The Hall–Kier alpha value is -1.88. The smallest absolute Gasteiger partial charge is 0.322 e. The molecule has 2 rings (SSSR count). The Kier molecular flexibility index (Phi) is 2.62. The summed E-state index contributed by atoms with van der Waals surface area (Å²) in [7, 11) is 1.35. The Balaban J connectivity index is 2.90. The van der Waals surface area contributed by atoms with Crippen LogP contribution in [-0.4, -0.2) is 17.0 Å². The first kappa shape index (κ1) is 10.6. The second-order valence-electron chi connectivity index (χ2n) is 2.98. The van der Waals surface area contributed by atoms with Crippen LogP contribution in [0.25, 0.3) is 10.9 Å². The van der Waals surface area contributed by atoms with Gasteiger partial charge >= 0.3 is 5.69 Å². The second kappa shape index (κ2) is 3.94. The summed E-state index contributed by atoms with van der Waals surface area (Å²) in [5.74, 6) is 0.0741. The van der Waals surface area contributed by atoms with Gasteiger partial charge in [-0.3, -0.25) is 15.1 Å². The molecular weight excluding hydrogens is 232 g/mol. The SMILES string of the molecule is COc1c([N+](=O)[O-])[c]c(Cl)c2cccnc12. The van der Waals surface area contributed by atoms with E-state index >= 15 is 0 Å². The third-order valence-corrected chi connectivity index (χ3v) is 2.39. The van der Waals surface area contributed by atoms with Gasteiger partial charge in [-0.15, -0.1) is 0 Å². The zero-order valence-electron chi connectivity index (χ0n) is 8.23. The number of rotatable bonds is 2. The van der Waals surface area contributed by atoms with E-state index in [1.807, 2.05) is 0 Å². The first-order chi connectivity index (χ1) is 7.65. The van der Waals surface area contributed by atoms with Crippen molar-refractivity contribution in [3.8, 4) is 5.75 Å². The highest BCUT2D eigenvalue weighted by atomic mass is 35.5. The zero-order valence-corrected chi connectivity index (χ0v) is 8.99. The molecule has 1 radical (unpaired) electrons. The highest BCUT2D eigenvalue weighted by molar-refractivity contribution is 6.35. The summed E-state index contributed by atoms with van der Waals surface area (Å²) in [6.07, 6.45) is 1.52. The normalized spacial score (nSPS) is 10.4.